The highest BCUT2D eigenvalue weighted by atomic mass is 19.3. The first-order valence-electron chi connectivity index (χ1n) is 6.79. The molecular formula is C16H15F3N2O2. The molecule has 0 aliphatic carbocycles. The lowest BCUT2D eigenvalue weighted by molar-refractivity contribution is -0.0498. The van der Waals surface area contributed by atoms with Gasteiger partial charge in [-0.15, -0.1) is 0 Å². The molecule has 0 aliphatic heterocycles. The van der Waals surface area contributed by atoms with Crippen LogP contribution in [0, 0.1) is 12.7 Å². The Bertz CT molecular complexity index is 676. The van der Waals surface area contributed by atoms with E-state index in [0.717, 1.165) is 0 Å². The zero-order valence-corrected chi connectivity index (χ0v) is 12.3. The number of hydrogen-bond donors (Lipinski definition) is 2. The largest absolute Gasteiger partial charge is 0.435 e. The van der Waals surface area contributed by atoms with Crippen molar-refractivity contribution in [3.63, 3.8) is 0 Å². The number of amides is 2. The molecule has 0 radical (unpaired) electrons. The zero-order chi connectivity index (χ0) is 16.8. The van der Waals surface area contributed by atoms with Crippen LogP contribution in [-0.4, -0.2) is 12.6 Å². The predicted octanol–water partition coefficient (Wildman–Crippen LogP) is 4.06. The summed E-state index contributed by atoms with van der Waals surface area (Å²) in [6.45, 7) is -1.06. The van der Waals surface area contributed by atoms with Crippen LogP contribution >= 0.6 is 0 Å². The summed E-state index contributed by atoms with van der Waals surface area (Å²) in [4.78, 5) is 11.7. The summed E-state index contributed by atoms with van der Waals surface area (Å²) in [6.07, 6.45) is 0. The quantitative estimate of drug-likeness (QED) is 0.871. The molecule has 2 aromatic rings. The molecule has 0 heterocycles. The predicted molar refractivity (Wildman–Crippen MR) is 80.1 cm³/mol. The minimum atomic E-state index is -2.88. The molecule has 4 nitrogen and oxygen atoms in total. The van der Waals surface area contributed by atoms with Gasteiger partial charge >= 0.3 is 12.6 Å². The Hall–Kier alpha value is -2.70. The topological polar surface area (TPSA) is 50.4 Å². The van der Waals surface area contributed by atoms with Gasteiger partial charge < -0.3 is 15.4 Å². The monoisotopic (exact) mass is 324 g/mol. The third kappa shape index (κ3) is 5.21. The number of carbonyl (C=O) groups excluding carboxylic acids is 1. The van der Waals surface area contributed by atoms with E-state index in [4.69, 9.17) is 0 Å². The summed E-state index contributed by atoms with van der Waals surface area (Å²) in [5.74, 6) is -0.360. The highest BCUT2D eigenvalue weighted by molar-refractivity contribution is 5.89. The van der Waals surface area contributed by atoms with E-state index < -0.39 is 18.5 Å². The van der Waals surface area contributed by atoms with Crippen molar-refractivity contribution in [3.05, 3.63) is 59.4 Å². The molecule has 0 aliphatic rings. The van der Waals surface area contributed by atoms with Crippen molar-refractivity contribution in [3.8, 4) is 5.75 Å². The first kappa shape index (κ1) is 16.7. The Balaban J connectivity index is 1.85. The number of urea groups is 1. The van der Waals surface area contributed by atoms with Crippen molar-refractivity contribution in [2.45, 2.75) is 20.1 Å². The molecule has 2 N–H and O–H groups in total. The van der Waals surface area contributed by atoms with Gasteiger partial charge in [0.25, 0.3) is 0 Å². The van der Waals surface area contributed by atoms with Crippen molar-refractivity contribution in [2.75, 3.05) is 5.32 Å². The van der Waals surface area contributed by atoms with Crippen LogP contribution in [0.1, 0.15) is 11.1 Å². The molecule has 23 heavy (non-hydrogen) atoms. The van der Waals surface area contributed by atoms with E-state index in [-0.39, 0.29) is 12.3 Å². The number of halogens is 3. The lowest BCUT2D eigenvalue weighted by Crippen LogP contribution is -2.28. The zero-order valence-electron chi connectivity index (χ0n) is 12.3. The number of aryl methyl sites for hydroxylation is 1. The fourth-order valence-corrected chi connectivity index (χ4v) is 1.82. The Morgan fingerprint density at radius 2 is 1.87 bits per heavy atom. The second-order valence-corrected chi connectivity index (χ2v) is 4.79. The second kappa shape index (κ2) is 7.53. The molecule has 0 bridgehead atoms. The number of rotatable bonds is 5. The van der Waals surface area contributed by atoms with E-state index in [1.54, 1.807) is 31.2 Å². The van der Waals surface area contributed by atoms with Gasteiger partial charge in [0.05, 0.1) is 0 Å². The van der Waals surface area contributed by atoms with Gasteiger partial charge in [-0.2, -0.15) is 8.78 Å². The van der Waals surface area contributed by atoms with Gasteiger partial charge in [0.2, 0.25) is 0 Å². The van der Waals surface area contributed by atoms with Crippen LogP contribution in [0.25, 0.3) is 0 Å². The molecule has 0 atom stereocenters. The third-order valence-corrected chi connectivity index (χ3v) is 3.03. The molecule has 2 amide bonds. The minimum absolute atomic E-state index is 0.0448. The highest BCUT2D eigenvalue weighted by Gasteiger charge is 2.06. The van der Waals surface area contributed by atoms with E-state index in [1.807, 2.05) is 0 Å². The molecule has 2 aromatic carbocycles. The highest BCUT2D eigenvalue weighted by Crippen LogP contribution is 2.15. The molecule has 0 unspecified atom stereocenters. The van der Waals surface area contributed by atoms with Crippen molar-refractivity contribution < 1.29 is 22.7 Å². The molecule has 122 valence electrons. The van der Waals surface area contributed by atoms with Crippen molar-refractivity contribution >= 4 is 11.7 Å². The number of benzene rings is 2. The lowest BCUT2D eigenvalue weighted by Gasteiger charge is -2.09. The van der Waals surface area contributed by atoms with Gasteiger partial charge in [0.15, 0.2) is 0 Å². The molecule has 2 rings (SSSR count). The maximum atomic E-state index is 13.4. The van der Waals surface area contributed by atoms with E-state index in [9.17, 15) is 18.0 Å². The summed E-state index contributed by atoms with van der Waals surface area (Å²) in [5.41, 5.74) is 1.53. The van der Waals surface area contributed by atoms with E-state index >= 15 is 0 Å². The number of hydrogen-bond acceptors (Lipinski definition) is 2. The Morgan fingerprint density at radius 3 is 2.48 bits per heavy atom. The summed E-state index contributed by atoms with van der Waals surface area (Å²) >= 11 is 0. The first-order valence-corrected chi connectivity index (χ1v) is 6.79. The summed E-state index contributed by atoms with van der Waals surface area (Å²) in [6, 6.07) is 9.77. The summed E-state index contributed by atoms with van der Waals surface area (Å²) in [7, 11) is 0. The first-order chi connectivity index (χ1) is 10.9. The maximum Gasteiger partial charge on any atom is 0.387 e. The van der Waals surface area contributed by atoms with Gasteiger partial charge in [-0.3, -0.25) is 0 Å². The number of carbonyl (C=O) groups is 1. The average Bonchev–Trinajstić information content (AvgIpc) is 2.50. The van der Waals surface area contributed by atoms with Crippen LogP contribution in [-0.2, 0) is 6.54 Å². The normalized spacial score (nSPS) is 10.5. The van der Waals surface area contributed by atoms with Crippen molar-refractivity contribution in [1.29, 1.82) is 0 Å². The van der Waals surface area contributed by atoms with Gasteiger partial charge in [-0.05, 0) is 42.3 Å². The minimum Gasteiger partial charge on any atom is -0.435 e. The van der Waals surface area contributed by atoms with Crippen LogP contribution in [0.15, 0.2) is 42.5 Å². The summed E-state index contributed by atoms with van der Waals surface area (Å²) < 4.78 is 41.6. The van der Waals surface area contributed by atoms with Gasteiger partial charge in [0.1, 0.15) is 11.6 Å². The smallest absolute Gasteiger partial charge is 0.387 e. The van der Waals surface area contributed by atoms with Crippen LogP contribution in [0.4, 0.5) is 23.7 Å². The Morgan fingerprint density at radius 1 is 1.17 bits per heavy atom. The fraction of sp³-hybridized carbons (Fsp3) is 0.188. The number of nitrogens with one attached hydrogen (secondary N) is 2. The van der Waals surface area contributed by atoms with Gasteiger partial charge in [-0.1, -0.05) is 18.2 Å². The molecule has 0 saturated heterocycles. The van der Waals surface area contributed by atoms with E-state index in [1.165, 1.54) is 18.2 Å². The molecule has 0 spiro atoms. The van der Waals surface area contributed by atoms with E-state index in [2.05, 4.69) is 15.4 Å². The molecule has 0 saturated carbocycles. The molecule has 7 heteroatoms. The molecular weight excluding hydrogens is 309 g/mol. The Labute approximate surface area is 131 Å². The van der Waals surface area contributed by atoms with Crippen molar-refractivity contribution in [1.82, 2.24) is 5.32 Å². The van der Waals surface area contributed by atoms with Crippen LogP contribution < -0.4 is 15.4 Å². The van der Waals surface area contributed by atoms with Gasteiger partial charge in [-0.25, -0.2) is 9.18 Å². The number of alkyl halides is 2. The lowest BCUT2D eigenvalue weighted by atomic mass is 10.2. The number of anilines is 1. The maximum absolute atomic E-state index is 13.4. The fourth-order valence-electron chi connectivity index (χ4n) is 1.82. The standard InChI is InChI=1S/C16H15F3N2O2/c1-10-2-5-12(8-14(10)17)21-16(22)20-9-11-3-6-13(7-4-11)23-15(18)19/h2-8,15H,9H2,1H3,(H2,20,21,22). The molecule has 0 aromatic heterocycles. The van der Waals surface area contributed by atoms with Gasteiger partial charge in [0, 0.05) is 12.2 Å². The van der Waals surface area contributed by atoms with Crippen molar-refractivity contribution in [2.24, 2.45) is 0 Å². The van der Waals surface area contributed by atoms with Crippen LogP contribution in [0.5, 0.6) is 5.75 Å². The number of ether oxygens (including phenoxy) is 1. The van der Waals surface area contributed by atoms with E-state index in [0.29, 0.717) is 16.8 Å². The summed E-state index contributed by atoms with van der Waals surface area (Å²) in [5, 5.41) is 5.08. The third-order valence-electron chi connectivity index (χ3n) is 3.03. The molecule has 0 fully saturated rings. The van der Waals surface area contributed by atoms with Crippen LogP contribution in [0.3, 0.4) is 0 Å². The SMILES string of the molecule is Cc1ccc(NC(=O)NCc2ccc(OC(F)F)cc2)cc1F. The second-order valence-electron chi connectivity index (χ2n) is 4.79. The van der Waals surface area contributed by atoms with Crippen LogP contribution in [0.2, 0.25) is 0 Å². The Kier molecular flexibility index (Phi) is 5.46. The average molecular weight is 324 g/mol.